The molecule has 0 radical (unpaired) electrons. The van der Waals surface area contributed by atoms with E-state index in [4.69, 9.17) is 0 Å². The van der Waals surface area contributed by atoms with Crippen molar-refractivity contribution in [2.75, 3.05) is 0 Å². The summed E-state index contributed by atoms with van der Waals surface area (Å²) in [5.41, 5.74) is 3.21. The smallest absolute Gasteiger partial charge is 0.267 e. The van der Waals surface area contributed by atoms with Crippen molar-refractivity contribution in [2.24, 2.45) is 22.9 Å². The van der Waals surface area contributed by atoms with Crippen LogP contribution >= 0.6 is 0 Å². The molecular formula is C16H19N3O3. The zero-order valence-electron chi connectivity index (χ0n) is 12.5. The second-order valence-corrected chi connectivity index (χ2v) is 6.32. The van der Waals surface area contributed by atoms with Crippen molar-refractivity contribution in [1.29, 1.82) is 0 Å². The molecular weight excluding hydrogens is 282 g/mol. The molecule has 3 atom stereocenters. The summed E-state index contributed by atoms with van der Waals surface area (Å²) in [6, 6.07) is 4.44. The topological polar surface area (TPSA) is 84.6 Å². The fourth-order valence-corrected chi connectivity index (χ4v) is 3.68. The predicted octanol–water partition coefficient (Wildman–Crippen LogP) is 3.06. The minimum Gasteiger partial charge on any atom is -0.267 e. The molecule has 0 aliphatic heterocycles. The van der Waals surface area contributed by atoms with E-state index in [1.807, 2.05) is 6.21 Å². The number of amides is 1. The Morgan fingerprint density at radius 2 is 2.23 bits per heavy atom. The van der Waals surface area contributed by atoms with Gasteiger partial charge in [-0.2, -0.15) is 5.10 Å². The van der Waals surface area contributed by atoms with E-state index in [1.54, 1.807) is 19.1 Å². The molecule has 0 spiro atoms. The van der Waals surface area contributed by atoms with Crippen molar-refractivity contribution in [3.63, 3.8) is 0 Å². The largest absolute Gasteiger partial charge is 0.273 e. The quantitative estimate of drug-likeness (QED) is 0.527. The van der Waals surface area contributed by atoms with Gasteiger partial charge >= 0.3 is 0 Å². The number of hydrogen-bond donors (Lipinski definition) is 1. The number of benzene rings is 1. The van der Waals surface area contributed by atoms with Crippen LogP contribution in [0.4, 0.5) is 5.69 Å². The van der Waals surface area contributed by atoms with E-state index in [2.05, 4.69) is 10.5 Å². The minimum atomic E-state index is -0.482. The van der Waals surface area contributed by atoms with E-state index in [1.165, 1.54) is 31.7 Å². The number of nitrogens with zero attached hydrogens (tertiary/aromatic N) is 2. The molecule has 1 N–H and O–H groups in total. The zero-order valence-corrected chi connectivity index (χ0v) is 12.5. The summed E-state index contributed by atoms with van der Waals surface area (Å²) in [6.45, 7) is 1.65. The van der Waals surface area contributed by atoms with Crippen molar-refractivity contribution >= 4 is 17.8 Å². The van der Waals surface area contributed by atoms with Gasteiger partial charge in [-0.1, -0.05) is 12.5 Å². The number of nitro groups is 1. The van der Waals surface area contributed by atoms with E-state index in [9.17, 15) is 14.9 Å². The van der Waals surface area contributed by atoms with Crippen LogP contribution in [-0.2, 0) is 0 Å². The lowest BCUT2D eigenvalue weighted by Gasteiger charge is -2.16. The maximum Gasteiger partial charge on any atom is 0.273 e. The van der Waals surface area contributed by atoms with E-state index in [0.717, 1.165) is 5.92 Å². The maximum atomic E-state index is 12.0. The third kappa shape index (κ3) is 2.86. The number of hydrazone groups is 1. The normalized spacial score (nSPS) is 26.5. The third-order valence-electron chi connectivity index (χ3n) is 4.89. The summed E-state index contributed by atoms with van der Waals surface area (Å²) < 4.78 is 0. The van der Waals surface area contributed by atoms with Crippen LogP contribution in [0.25, 0.3) is 0 Å². The number of carbonyl (C=O) groups excluding carboxylic acids is 1. The van der Waals surface area contributed by atoms with Gasteiger partial charge in [-0.3, -0.25) is 14.9 Å². The summed E-state index contributed by atoms with van der Waals surface area (Å²) in [4.78, 5) is 22.4. The van der Waals surface area contributed by atoms with Gasteiger partial charge in [0.15, 0.2) is 0 Å². The molecule has 2 aliphatic rings. The average Bonchev–Trinajstić information content (AvgIpc) is 3.10. The molecule has 0 heterocycles. The van der Waals surface area contributed by atoms with Crippen LogP contribution in [0.1, 0.15) is 41.6 Å². The fraction of sp³-hybridized carbons (Fsp3) is 0.500. The van der Waals surface area contributed by atoms with Crippen LogP contribution < -0.4 is 5.43 Å². The number of fused-ring (bicyclic) bond motifs is 2. The number of hydrogen-bond acceptors (Lipinski definition) is 4. The number of carbonyl (C=O) groups is 1. The second kappa shape index (κ2) is 5.87. The van der Waals surface area contributed by atoms with Crippen molar-refractivity contribution < 1.29 is 9.72 Å². The highest BCUT2D eigenvalue weighted by Gasteiger charge is 2.38. The molecule has 0 unspecified atom stereocenters. The first kappa shape index (κ1) is 14.7. The van der Waals surface area contributed by atoms with Gasteiger partial charge in [0.05, 0.1) is 4.92 Å². The minimum absolute atomic E-state index is 0.0512. The van der Waals surface area contributed by atoms with Crippen molar-refractivity contribution in [2.45, 2.75) is 32.6 Å². The number of rotatable bonds is 4. The maximum absolute atomic E-state index is 12.0. The van der Waals surface area contributed by atoms with E-state index < -0.39 is 10.8 Å². The molecule has 116 valence electrons. The Bertz CT molecular complexity index is 642. The van der Waals surface area contributed by atoms with E-state index >= 15 is 0 Å². The lowest BCUT2D eigenvalue weighted by atomic mass is 9.90. The van der Waals surface area contributed by atoms with Gasteiger partial charge in [0.1, 0.15) is 0 Å². The third-order valence-corrected chi connectivity index (χ3v) is 4.89. The Balaban J connectivity index is 1.62. The average molecular weight is 301 g/mol. The Morgan fingerprint density at radius 3 is 2.86 bits per heavy atom. The lowest BCUT2D eigenvalue weighted by molar-refractivity contribution is -0.385. The molecule has 1 amide bonds. The standard InChI is InChI=1S/C16H19N3O3/c1-10-2-4-13(8-15(10)19(21)22)16(20)18-17-9-14-7-11-3-5-12(14)6-11/h2,4,8-9,11-12,14H,3,5-7H2,1H3,(H,18,20)/b17-9-/t11-,12+,14+/m0/s1. The fourth-order valence-electron chi connectivity index (χ4n) is 3.68. The number of nitrogens with one attached hydrogen (secondary N) is 1. The molecule has 6 heteroatoms. The van der Waals surface area contributed by atoms with Gasteiger partial charge < -0.3 is 0 Å². The van der Waals surface area contributed by atoms with Gasteiger partial charge in [0, 0.05) is 23.4 Å². The first-order valence-electron chi connectivity index (χ1n) is 7.63. The van der Waals surface area contributed by atoms with Crippen LogP contribution in [0.15, 0.2) is 23.3 Å². The first-order valence-corrected chi connectivity index (χ1v) is 7.63. The highest BCUT2D eigenvalue weighted by atomic mass is 16.6. The van der Waals surface area contributed by atoms with Gasteiger partial charge in [-0.25, -0.2) is 5.43 Å². The molecule has 1 aromatic rings. The second-order valence-electron chi connectivity index (χ2n) is 6.32. The van der Waals surface area contributed by atoms with Crippen LogP contribution in [-0.4, -0.2) is 17.0 Å². The molecule has 0 aromatic heterocycles. The molecule has 0 saturated heterocycles. The monoisotopic (exact) mass is 301 g/mol. The summed E-state index contributed by atoms with van der Waals surface area (Å²) in [7, 11) is 0. The molecule has 1 aromatic carbocycles. The lowest BCUT2D eigenvalue weighted by Crippen LogP contribution is -2.20. The van der Waals surface area contributed by atoms with Gasteiger partial charge in [-0.05, 0) is 50.0 Å². The SMILES string of the molecule is Cc1ccc(C(=O)N/N=C\[C@H]2C[C@H]3CC[C@@H]2C3)cc1[N+](=O)[O-]. The summed E-state index contributed by atoms with van der Waals surface area (Å²) in [6.07, 6.45) is 6.88. The van der Waals surface area contributed by atoms with E-state index in [-0.39, 0.29) is 11.3 Å². The highest BCUT2D eigenvalue weighted by Crippen LogP contribution is 2.47. The molecule has 22 heavy (non-hydrogen) atoms. The number of aryl methyl sites for hydroxylation is 1. The van der Waals surface area contributed by atoms with E-state index in [0.29, 0.717) is 17.4 Å². The highest BCUT2D eigenvalue weighted by molar-refractivity contribution is 5.95. The Labute approximate surface area is 128 Å². The van der Waals surface area contributed by atoms with Gasteiger partial charge in [-0.15, -0.1) is 0 Å². The summed E-state index contributed by atoms with van der Waals surface area (Å²) in [5.74, 6) is 1.59. The first-order chi connectivity index (χ1) is 10.5. The number of nitro benzene ring substituents is 1. The van der Waals surface area contributed by atoms with Crippen molar-refractivity contribution in [3.8, 4) is 0 Å². The predicted molar refractivity (Wildman–Crippen MR) is 82.7 cm³/mol. The summed E-state index contributed by atoms with van der Waals surface area (Å²) in [5, 5.41) is 15.0. The van der Waals surface area contributed by atoms with Gasteiger partial charge in [0.2, 0.25) is 0 Å². The van der Waals surface area contributed by atoms with Crippen LogP contribution in [0, 0.1) is 34.8 Å². The van der Waals surface area contributed by atoms with Crippen LogP contribution in [0.3, 0.4) is 0 Å². The molecule has 6 nitrogen and oxygen atoms in total. The Morgan fingerprint density at radius 1 is 1.41 bits per heavy atom. The molecule has 3 rings (SSSR count). The van der Waals surface area contributed by atoms with Crippen LogP contribution in [0.2, 0.25) is 0 Å². The molecule has 2 bridgehead atoms. The molecule has 2 aliphatic carbocycles. The van der Waals surface area contributed by atoms with Crippen LogP contribution in [0.5, 0.6) is 0 Å². The molecule has 2 fully saturated rings. The van der Waals surface area contributed by atoms with Gasteiger partial charge in [0.25, 0.3) is 11.6 Å². The molecule has 2 saturated carbocycles. The summed E-state index contributed by atoms with van der Waals surface area (Å²) >= 11 is 0. The zero-order chi connectivity index (χ0) is 15.7. The van der Waals surface area contributed by atoms with Crippen molar-refractivity contribution in [3.05, 3.63) is 39.4 Å². The van der Waals surface area contributed by atoms with Crippen molar-refractivity contribution in [1.82, 2.24) is 5.43 Å². The Kier molecular flexibility index (Phi) is 3.92. The Hall–Kier alpha value is -2.24.